The number of azo groups is 2. The van der Waals surface area contributed by atoms with Gasteiger partial charge in [-0.1, -0.05) is 36.4 Å². The van der Waals surface area contributed by atoms with Crippen LogP contribution in [0.3, 0.4) is 0 Å². The molecule has 0 amide bonds. The van der Waals surface area contributed by atoms with Gasteiger partial charge in [-0.2, -0.15) is 35.5 Å². The van der Waals surface area contributed by atoms with E-state index in [-0.39, 0.29) is 55.7 Å². The Morgan fingerprint density at radius 3 is 1.71 bits per heavy atom. The molecule has 0 aromatic heterocycles. The first-order valence-electron chi connectivity index (χ1n) is 15.9. The summed E-state index contributed by atoms with van der Waals surface area (Å²) in [5.41, 5.74) is 9.30. The number of fused-ring (bicyclic) bond motifs is 3. The van der Waals surface area contributed by atoms with Gasteiger partial charge in [-0.15, -0.1) is 15.3 Å². The van der Waals surface area contributed by atoms with Gasteiger partial charge in [0.25, 0.3) is 30.4 Å². The summed E-state index contributed by atoms with van der Waals surface area (Å²) in [6.45, 7) is 0. The van der Waals surface area contributed by atoms with Crippen LogP contribution in [0.5, 0.6) is 0 Å². The lowest BCUT2D eigenvalue weighted by atomic mass is 9.94. The molecule has 0 spiro atoms. The van der Waals surface area contributed by atoms with Gasteiger partial charge in [0.2, 0.25) is 5.78 Å². The summed E-state index contributed by atoms with van der Waals surface area (Å²) in [5, 5.41) is 22.2. The van der Waals surface area contributed by atoms with Crippen molar-refractivity contribution in [1.29, 1.82) is 0 Å². The predicted molar refractivity (Wildman–Crippen MR) is 208 cm³/mol. The Balaban J connectivity index is 1.32. The Hall–Kier alpha value is -6.55. The number of carbonyl (C=O) groups excluding carboxylic acids is 1. The molecule has 1 aliphatic carbocycles. The SMILES string of the molecule is Nc1ccc2c(c1)C(=O)C(=NNc1ccc(N=Nc3ccc(N=Nc4ccccc4)c4cc(S(=O)(=O)O)ccc34)c3ccc(S(=O)(=O)O)cc13)C(S(=O)(=O)O)=C2. The molecule has 7 rings (SSSR count). The summed E-state index contributed by atoms with van der Waals surface area (Å²) in [6, 6.07) is 26.1. The van der Waals surface area contributed by atoms with Gasteiger partial charge < -0.3 is 5.73 Å². The van der Waals surface area contributed by atoms with E-state index >= 15 is 0 Å². The van der Waals surface area contributed by atoms with Gasteiger partial charge in [-0.3, -0.25) is 23.9 Å². The minimum Gasteiger partial charge on any atom is -0.399 e. The van der Waals surface area contributed by atoms with Crippen LogP contribution < -0.4 is 11.2 Å². The molecule has 0 saturated heterocycles. The van der Waals surface area contributed by atoms with Gasteiger partial charge in [-0.25, -0.2) is 0 Å². The number of hydrogen-bond donors (Lipinski definition) is 5. The zero-order chi connectivity index (χ0) is 40.0. The number of anilines is 2. The van der Waals surface area contributed by atoms with Crippen molar-refractivity contribution in [3.8, 4) is 0 Å². The lowest BCUT2D eigenvalue weighted by Gasteiger charge is -2.17. The number of nitrogens with one attached hydrogen (secondary N) is 1. The third kappa shape index (κ3) is 7.68. The normalized spacial score (nSPS) is 14.5. The van der Waals surface area contributed by atoms with Gasteiger partial charge >= 0.3 is 0 Å². The third-order valence-corrected chi connectivity index (χ3v) is 11.0. The van der Waals surface area contributed by atoms with E-state index < -0.39 is 56.5 Å². The number of carbonyl (C=O) groups is 1. The van der Waals surface area contributed by atoms with E-state index in [4.69, 9.17) is 5.73 Å². The Kier molecular flexibility index (Phi) is 9.62. The lowest BCUT2D eigenvalue weighted by molar-refractivity contribution is 0.106. The Morgan fingerprint density at radius 1 is 0.554 bits per heavy atom. The Labute approximate surface area is 317 Å². The fraction of sp³-hybridized carbons (Fsp3) is 0. The number of allylic oxidation sites excluding steroid dienone is 1. The molecule has 0 atom stereocenters. The quantitative estimate of drug-likeness (QED) is 0.0405. The molecule has 0 radical (unpaired) electrons. The third-order valence-electron chi connectivity index (χ3n) is 8.42. The summed E-state index contributed by atoms with van der Waals surface area (Å²) in [6.07, 6.45) is 1.05. The molecule has 56 heavy (non-hydrogen) atoms. The molecule has 17 nitrogen and oxygen atoms in total. The minimum absolute atomic E-state index is 0.0151. The van der Waals surface area contributed by atoms with E-state index in [0.717, 1.165) is 18.2 Å². The number of benzene rings is 6. The molecule has 0 heterocycles. The average Bonchev–Trinajstić information content (AvgIpc) is 3.15. The van der Waals surface area contributed by atoms with Crippen molar-refractivity contribution in [3.63, 3.8) is 0 Å². The van der Waals surface area contributed by atoms with Gasteiger partial charge in [0.05, 0.1) is 38.2 Å². The highest BCUT2D eigenvalue weighted by molar-refractivity contribution is 7.91. The van der Waals surface area contributed by atoms with Crippen molar-refractivity contribution < 1.29 is 43.7 Å². The summed E-state index contributed by atoms with van der Waals surface area (Å²) < 4.78 is 102. The van der Waals surface area contributed by atoms with Gasteiger partial charge in [0.1, 0.15) is 4.91 Å². The summed E-state index contributed by atoms with van der Waals surface area (Å²) >= 11 is 0. The Morgan fingerprint density at radius 2 is 1.11 bits per heavy atom. The molecule has 0 fully saturated rings. The van der Waals surface area contributed by atoms with Crippen molar-refractivity contribution in [2.45, 2.75) is 9.79 Å². The summed E-state index contributed by atoms with van der Waals surface area (Å²) in [5.74, 6) is -0.883. The highest BCUT2D eigenvalue weighted by atomic mass is 32.2. The van der Waals surface area contributed by atoms with Crippen LogP contribution in [0.15, 0.2) is 149 Å². The number of nitrogen functional groups attached to an aromatic ring is 1. The van der Waals surface area contributed by atoms with E-state index in [1.54, 1.807) is 36.4 Å². The second-order valence-corrected chi connectivity index (χ2v) is 16.3. The zero-order valence-corrected chi connectivity index (χ0v) is 30.7. The standard InChI is InChI=1S/C36H25N7O10S3/c37-21-7-6-20-16-34(56(51,52)53)35(36(44)27(20)17-21)43-42-33-15-13-31(26-11-9-24(19-29(26)33)55(48,49)50)41-40-30-12-14-32(39-38-22-4-2-1-3-5-22)28-18-23(54(45,46)47)8-10-25(28)30/h1-19,42H,37H2,(H,45,46,47)(H,48,49,50)(H,51,52,53). The number of ketones is 1. The first-order chi connectivity index (χ1) is 26.5. The molecular formula is C36H25N7O10S3. The van der Waals surface area contributed by atoms with Gasteiger partial charge in [0.15, 0.2) is 5.71 Å². The van der Waals surface area contributed by atoms with E-state index in [1.165, 1.54) is 60.7 Å². The molecule has 6 aromatic carbocycles. The van der Waals surface area contributed by atoms with Crippen molar-refractivity contribution in [2.75, 3.05) is 11.2 Å². The number of hydrogen-bond acceptors (Lipinski definition) is 14. The van der Waals surface area contributed by atoms with Crippen LogP contribution in [0, 0.1) is 0 Å². The fourth-order valence-electron chi connectivity index (χ4n) is 5.77. The lowest BCUT2D eigenvalue weighted by Crippen LogP contribution is -2.27. The van der Waals surface area contributed by atoms with Crippen LogP contribution >= 0.6 is 0 Å². The number of rotatable bonds is 9. The van der Waals surface area contributed by atoms with Crippen molar-refractivity contribution in [2.24, 2.45) is 25.6 Å². The maximum Gasteiger partial charge on any atom is 0.296 e. The average molecular weight is 812 g/mol. The van der Waals surface area contributed by atoms with E-state index in [2.05, 4.69) is 31.0 Å². The topological polar surface area (TPSA) is 280 Å². The van der Waals surface area contributed by atoms with E-state index in [0.29, 0.717) is 11.1 Å². The maximum atomic E-state index is 13.4. The largest absolute Gasteiger partial charge is 0.399 e. The predicted octanol–water partition coefficient (Wildman–Crippen LogP) is 7.79. The molecule has 1 aliphatic rings. The number of hydrazone groups is 1. The number of nitrogens with zero attached hydrogens (tertiary/aromatic N) is 5. The second-order valence-electron chi connectivity index (χ2n) is 12.1. The van der Waals surface area contributed by atoms with Crippen LogP contribution in [-0.2, 0) is 30.4 Å². The molecular weight excluding hydrogens is 787 g/mol. The van der Waals surface area contributed by atoms with E-state index in [1.807, 2.05) is 0 Å². The summed E-state index contributed by atoms with van der Waals surface area (Å²) in [7, 11) is -14.3. The van der Waals surface area contributed by atoms with Crippen molar-refractivity contribution >= 4 is 104 Å². The van der Waals surface area contributed by atoms with Crippen LogP contribution in [0.2, 0.25) is 0 Å². The highest BCUT2D eigenvalue weighted by Gasteiger charge is 2.33. The number of nitrogens with two attached hydrogens (primary N) is 1. The van der Waals surface area contributed by atoms with Crippen molar-refractivity contribution in [3.05, 3.63) is 125 Å². The smallest absolute Gasteiger partial charge is 0.296 e. The molecule has 0 unspecified atom stereocenters. The molecule has 6 N–H and O–H groups in total. The van der Waals surface area contributed by atoms with Crippen LogP contribution in [-0.4, -0.2) is 50.4 Å². The molecule has 6 aromatic rings. The van der Waals surface area contributed by atoms with Crippen LogP contribution in [0.4, 0.5) is 34.1 Å². The van der Waals surface area contributed by atoms with Gasteiger partial charge in [0, 0.05) is 32.8 Å². The minimum atomic E-state index is -4.97. The van der Waals surface area contributed by atoms with Crippen LogP contribution in [0.25, 0.3) is 27.6 Å². The highest BCUT2D eigenvalue weighted by Crippen LogP contribution is 2.39. The molecule has 0 saturated carbocycles. The maximum absolute atomic E-state index is 13.4. The molecule has 0 aliphatic heterocycles. The molecule has 0 bridgehead atoms. The second kappa shape index (κ2) is 14.3. The summed E-state index contributed by atoms with van der Waals surface area (Å²) in [4.78, 5) is 11.7. The molecule has 282 valence electrons. The molecule has 20 heteroatoms. The fourth-order valence-corrected chi connectivity index (χ4v) is 7.44. The van der Waals surface area contributed by atoms with Crippen molar-refractivity contribution in [1.82, 2.24) is 0 Å². The Bertz CT molecular complexity index is 3110. The number of Topliss-reactive ketones (excluding diaryl/α,β-unsaturated/α-hetero) is 1. The van der Waals surface area contributed by atoms with Gasteiger partial charge in [-0.05, 0) is 84.4 Å². The first kappa shape index (κ1) is 37.8. The van der Waals surface area contributed by atoms with Crippen LogP contribution in [0.1, 0.15) is 15.9 Å². The zero-order valence-electron chi connectivity index (χ0n) is 28.2. The monoisotopic (exact) mass is 811 g/mol. The first-order valence-corrected chi connectivity index (χ1v) is 20.2. The van der Waals surface area contributed by atoms with E-state index in [9.17, 15) is 43.7 Å².